The van der Waals surface area contributed by atoms with E-state index in [1.165, 1.54) is 6.07 Å². The minimum atomic E-state index is -0.515. The third-order valence-electron chi connectivity index (χ3n) is 3.31. The number of benzene rings is 1. The molecule has 1 aromatic rings. The normalized spacial score (nSPS) is 16.6. The molecule has 0 aliphatic carbocycles. The van der Waals surface area contributed by atoms with Crippen molar-refractivity contribution in [3.8, 4) is 0 Å². The van der Waals surface area contributed by atoms with Gasteiger partial charge in [0.2, 0.25) is 0 Å². The standard InChI is InChI=1S/C15H22FNO2/c1-11(2)19-10-14(18)9-17-7-3-4-12-8-13(16)5-6-15(12)17/h5-6,8,11,14,18H,3-4,7,9-10H2,1-2H3. The molecule has 0 radical (unpaired) electrons. The van der Waals surface area contributed by atoms with E-state index >= 15 is 0 Å². The number of hydrogen-bond donors (Lipinski definition) is 1. The number of ether oxygens (including phenoxy) is 1. The van der Waals surface area contributed by atoms with Crippen LogP contribution in [0.2, 0.25) is 0 Å². The van der Waals surface area contributed by atoms with E-state index < -0.39 is 6.10 Å². The predicted molar refractivity (Wildman–Crippen MR) is 74.0 cm³/mol. The van der Waals surface area contributed by atoms with E-state index in [0.717, 1.165) is 30.6 Å². The van der Waals surface area contributed by atoms with Crippen LogP contribution in [0, 0.1) is 5.82 Å². The molecule has 1 atom stereocenters. The number of halogens is 1. The van der Waals surface area contributed by atoms with Crippen molar-refractivity contribution < 1.29 is 14.2 Å². The molecule has 0 saturated carbocycles. The molecule has 1 aromatic carbocycles. The number of aliphatic hydroxyl groups is 1. The minimum Gasteiger partial charge on any atom is -0.389 e. The Morgan fingerprint density at radius 2 is 2.21 bits per heavy atom. The molecular weight excluding hydrogens is 245 g/mol. The van der Waals surface area contributed by atoms with Crippen molar-refractivity contribution in [3.63, 3.8) is 0 Å². The largest absolute Gasteiger partial charge is 0.389 e. The van der Waals surface area contributed by atoms with E-state index in [4.69, 9.17) is 4.74 Å². The zero-order valence-electron chi connectivity index (χ0n) is 11.6. The average molecular weight is 267 g/mol. The maximum Gasteiger partial charge on any atom is 0.123 e. The number of β-amino-alcohol motifs (C(OH)–C–C–N with tert-alkyl or cyclic N) is 1. The minimum absolute atomic E-state index is 0.123. The van der Waals surface area contributed by atoms with Crippen LogP contribution in [0.5, 0.6) is 0 Å². The van der Waals surface area contributed by atoms with Crippen LogP contribution < -0.4 is 4.90 Å². The van der Waals surface area contributed by atoms with Gasteiger partial charge < -0.3 is 14.7 Å². The van der Waals surface area contributed by atoms with Crippen LogP contribution >= 0.6 is 0 Å². The van der Waals surface area contributed by atoms with Crippen LogP contribution in [0.25, 0.3) is 0 Å². The van der Waals surface area contributed by atoms with Crippen LogP contribution in [0.1, 0.15) is 25.8 Å². The van der Waals surface area contributed by atoms with Gasteiger partial charge >= 0.3 is 0 Å². The SMILES string of the molecule is CC(C)OCC(O)CN1CCCc2cc(F)ccc21. The van der Waals surface area contributed by atoms with Crippen molar-refractivity contribution in [2.45, 2.75) is 38.9 Å². The first kappa shape index (κ1) is 14.3. The maximum atomic E-state index is 13.2. The highest BCUT2D eigenvalue weighted by Crippen LogP contribution is 2.27. The molecular formula is C15H22FNO2. The van der Waals surface area contributed by atoms with Crippen molar-refractivity contribution in [1.29, 1.82) is 0 Å². The number of aryl methyl sites for hydroxylation is 1. The molecule has 4 heteroatoms. The molecule has 19 heavy (non-hydrogen) atoms. The Bertz CT molecular complexity index is 423. The zero-order chi connectivity index (χ0) is 13.8. The quantitative estimate of drug-likeness (QED) is 0.889. The Morgan fingerprint density at radius 1 is 1.42 bits per heavy atom. The summed E-state index contributed by atoms with van der Waals surface area (Å²) in [7, 11) is 0. The lowest BCUT2D eigenvalue weighted by molar-refractivity contribution is 0.00880. The number of nitrogens with zero attached hydrogens (tertiary/aromatic N) is 1. The Morgan fingerprint density at radius 3 is 2.95 bits per heavy atom. The highest BCUT2D eigenvalue weighted by atomic mass is 19.1. The first-order valence-electron chi connectivity index (χ1n) is 6.89. The summed E-state index contributed by atoms with van der Waals surface area (Å²) in [6, 6.07) is 4.88. The smallest absolute Gasteiger partial charge is 0.123 e. The third-order valence-corrected chi connectivity index (χ3v) is 3.31. The molecule has 1 unspecified atom stereocenters. The topological polar surface area (TPSA) is 32.7 Å². The van der Waals surface area contributed by atoms with Gasteiger partial charge in [-0.25, -0.2) is 4.39 Å². The second-order valence-corrected chi connectivity index (χ2v) is 5.36. The van der Waals surface area contributed by atoms with E-state index in [1.807, 2.05) is 13.8 Å². The number of hydrogen-bond acceptors (Lipinski definition) is 3. The molecule has 0 fully saturated rings. The van der Waals surface area contributed by atoms with Crippen molar-refractivity contribution in [2.75, 3.05) is 24.6 Å². The van der Waals surface area contributed by atoms with Gasteiger partial charge in [-0.15, -0.1) is 0 Å². The monoisotopic (exact) mass is 267 g/mol. The van der Waals surface area contributed by atoms with Gasteiger partial charge in [-0.1, -0.05) is 0 Å². The van der Waals surface area contributed by atoms with E-state index in [-0.39, 0.29) is 11.9 Å². The third kappa shape index (κ3) is 3.91. The molecule has 1 heterocycles. The fourth-order valence-corrected chi connectivity index (χ4v) is 2.44. The summed E-state index contributed by atoms with van der Waals surface area (Å²) in [5.41, 5.74) is 2.07. The van der Waals surface area contributed by atoms with E-state index in [9.17, 15) is 9.50 Å². The summed E-state index contributed by atoms with van der Waals surface area (Å²) < 4.78 is 18.6. The molecule has 2 rings (SSSR count). The van der Waals surface area contributed by atoms with Gasteiger partial charge in [-0.2, -0.15) is 0 Å². The summed E-state index contributed by atoms with van der Waals surface area (Å²) in [6.07, 6.45) is 1.51. The fourth-order valence-electron chi connectivity index (χ4n) is 2.44. The zero-order valence-corrected chi connectivity index (χ0v) is 11.6. The lowest BCUT2D eigenvalue weighted by atomic mass is 10.0. The number of fused-ring (bicyclic) bond motifs is 1. The molecule has 1 aliphatic heterocycles. The van der Waals surface area contributed by atoms with Gasteiger partial charge in [-0.3, -0.25) is 0 Å². The van der Waals surface area contributed by atoms with Gasteiger partial charge in [0.15, 0.2) is 0 Å². The number of anilines is 1. The van der Waals surface area contributed by atoms with Crippen LogP contribution in [0.4, 0.5) is 10.1 Å². The summed E-state index contributed by atoms with van der Waals surface area (Å²) in [4.78, 5) is 2.12. The second-order valence-electron chi connectivity index (χ2n) is 5.36. The molecule has 1 N–H and O–H groups in total. The molecule has 0 amide bonds. The van der Waals surface area contributed by atoms with E-state index in [1.54, 1.807) is 12.1 Å². The van der Waals surface area contributed by atoms with Gasteiger partial charge in [0, 0.05) is 18.8 Å². The Balaban J connectivity index is 1.99. The highest BCUT2D eigenvalue weighted by molar-refractivity contribution is 5.55. The number of aliphatic hydroxyl groups excluding tert-OH is 1. The second kappa shape index (κ2) is 6.35. The Labute approximate surface area is 114 Å². The van der Waals surface area contributed by atoms with Crippen molar-refractivity contribution in [2.24, 2.45) is 0 Å². The van der Waals surface area contributed by atoms with E-state index in [0.29, 0.717) is 13.2 Å². The average Bonchev–Trinajstić information content (AvgIpc) is 2.36. The van der Waals surface area contributed by atoms with Gasteiger partial charge in [0.1, 0.15) is 5.82 Å². The lowest BCUT2D eigenvalue weighted by Gasteiger charge is -2.33. The summed E-state index contributed by atoms with van der Waals surface area (Å²) in [5.74, 6) is -0.190. The highest BCUT2D eigenvalue weighted by Gasteiger charge is 2.20. The Kier molecular flexibility index (Phi) is 4.77. The fraction of sp³-hybridized carbons (Fsp3) is 0.600. The molecule has 0 bridgehead atoms. The van der Waals surface area contributed by atoms with Crippen LogP contribution in [-0.2, 0) is 11.2 Å². The predicted octanol–water partition coefficient (Wildman–Crippen LogP) is 2.36. The van der Waals surface area contributed by atoms with Gasteiger partial charge in [0.05, 0.1) is 18.8 Å². The van der Waals surface area contributed by atoms with Crippen LogP contribution in [0.3, 0.4) is 0 Å². The molecule has 0 spiro atoms. The lowest BCUT2D eigenvalue weighted by Crippen LogP contribution is -2.38. The molecule has 3 nitrogen and oxygen atoms in total. The summed E-state index contributed by atoms with van der Waals surface area (Å²) in [5, 5.41) is 9.99. The molecule has 0 saturated heterocycles. The van der Waals surface area contributed by atoms with Gasteiger partial charge in [0.25, 0.3) is 0 Å². The summed E-state index contributed by atoms with van der Waals surface area (Å²) >= 11 is 0. The van der Waals surface area contributed by atoms with Crippen molar-refractivity contribution in [3.05, 3.63) is 29.6 Å². The van der Waals surface area contributed by atoms with Crippen molar-refractivity contribution >= 4 is 5.69 Å². The van der Waals surface area contributed by atoms with E-state index in [2.05, 4.69) is 4.90 Å². The van der Waals surface area contributed by atoms with Crippen LogP contribution in [0.15, 0.2) is 18.2 Å². The van der Waals surface area contributed by atoms with Crippen molar-refractivity contribution in [1.82, 2.24) is 0 Å². The maximum absolute atomic E-state index is 13.2. The Hall–Kier alpha value is -1.13. The molecule has 1 aliphatic rings. The molecule has 0 aromatic heterocycles. The molecule has 106 valence electrons. The van der Waals surface area contributed by atoms with Gasteiger partial charge in [-0.05, 0) is 50.5 Å². The first-order chi connectivity index (χ1) is 9.06. The van der Waals surface area contributed by atoms with Crippen LogP contribution in [-0.4, -0.2) is 37.0 Å². The first-order valence-corrected chi connectivity index (χ1v) is 6.89. The summed E-state index contributed by atoms with van der Waals surface area (Å²) in [6.45, 7) is 5.67. The number of rotatable bonds is 5.